The van der Waals surface area contributed by atoms with Crippen molar-refractivity contribution in [2.45, 2.75) is 22.4 Å². The van der Waals surface area contributed by atoms with Crippen LogP contribution in [-0.2, 0) is 6.42 Å². The molecule has 2 rings (SSSR count). The zero-order chi connectivity index (χ0) is 13.7. The van der Waals surface area contributed by atoms with E-state index in [1.54, 1.807) is 6.20 Å². The van der Waals surface area contributed by atoms with Crippen LogP contribution in [0, 0.1) is 0 Å². The Morgan fingerprint density at radius 1 is 1.26 bits per heavy atom. The maximum absolute atomic E-state index is 9.05. The molecule has 0 saturated heterocycles. The van der Waals surface area contributed by atoms with Gasteiger partial charge in [-0.1, -0.05) is 41.6 Å². The minimum atomic E-state index is -0.269. The van der Waals surface area contributed by atoms with Gasteiger partial charge in [-0.3, -0.25) is 0 Å². The summed E-state index contributed by atoms with van der Waals surface area (Å²) in [7, 11) is 0. The van der Waals surface area contributed by atoms with Crippen molar-refractivity contribution in [3.05, 3.63) is 53.2 Å². The predicted octanol–water partition coefficient (Wildman–Crippen LogP) is 2.75. The highest BCUT2D eigenvalue weighted by molar-refractivity contribution is 7.99. The number of nitrogens with zero attached hydrogens (tertiary/aromatic N) is 1. The zero-order valence-electron chi connectivity index (χ0n) is 10.3. The molecule has 0 amide bonds. The molecule has 100 valence electrons. The minimum Gasteiger partial charge on any atom is -0.395 e. The van der Waals surface area contributed by atoms with Crippen molar-refractivity contribution in [3.8, 4) is 0 Å². The Kier molecular flexibility index (Phi) is 5.22. The van der Waals surface area contributed by atoms with Gasteiger partial charge in [0.25, 0.3) is 0 Å². The first-order valence-electron chi connectivity index (χ1n) is 5.93. The van der Waals surface area contributed by atoms with Gasteiger partial charge in [0.1, 0.15) is 5.03 Å². The summed E-state index contributed by atoms with van der Waals surface area (Å²) in [6.07, 6.45) is 2.34. The second-order valence-electron chi connectivity index (χ2n) is 4.15. The Bertz CT molecular complexity index is 550. The van der Waals surface area contributed by atoms with Crippen LogP contribution in [0.1, 0.15) is 5.56 Å². The van der Waals surface area contributed by atoms with Gasteiger partial charge in [-0.15, -0.1) is 0 Å². The van der Waals surface area contributed by atoms with Gasteiger partial charge in [0.2, 0.25) is 0 Å². The van der Waals surface area contributed by atoms with Crippen molar-refractivity contribution >= 4 is 23.4 Å². The molecule has 0 radical (unpaired) electrons. The van der Waals surface area contributed by atoms with E-state index in [-0.39, 0.29) is 12.6 Å². The third kappa shape index (κ3) is 3.94. The summed E-state index contributed by atoms with van der Waals surface area (Å²) in [5, 5.41) is 10.6. The lowest BCUT2D eigenvalue weighted by Crippen LogP contribution is -2.27. The molecular formula is C14H15ClN2OS. The number of aliphatic hydroxyl groups is 1. The van der Waals surface area contributed by atoms with Gasteiger partial charge < -0.3 is 10.8 Å². The summed E-state index contributed by atoms with van der Waals surface area (Å²) in [6, 6.07) is 11.2. The molecule has 3 N–H and O–H groups in total. The third-order valence-electron chi connectivity index (χ3n) is 2.61. The van der Waals surface area contributed by atoms with Crippen LogP contribution in [0.25, 0.3) is 0 Å². The maximum atomic E-state index is 9.05. The Balaban J connectivity index is 2.23. The molecule has 0 aliphatic rings. The molecule has 0 saturated carbocycles. The summed E-state index contributed by atoms with van der Waals surface area (Å²) >= 11 is 7.66. The lowest BCUT2D eigenvalue weighted by molar-refractivity contribution is 0.265. The molecule has 0 spiro atoms. The van der Waals surface area contributed by atoms with Crippen LogP contribution in [-0.4, -0.2) is 22.7 Å². The molecule has 0 fully saturated rings. The Morgan fingerprint density at radius 2 is 2.05 bits per heavy atom. The van der Waals surface area contributed by atoms with E-state index in [0.717, 1.165) is 15.5 Å². The van der Waals surface area contributed by atoms with Gasteiger partial charge in [-0.05, 0) is 30.2 Å². The summed E-state index contributed by atoms with van der Waals surface area (Å²) in [6.45, 7) is -0.0366. The number of aliphatic hydroxyl groups excluding tert-OH is 1. The number of halogens is 1. The van der Waals surface area contributed by atoms with Gasteiger partial charge in [0.05, 0.1) is 11.6 Å². The lowest BCUT2D eigenvalue weighted by Gasteiger charge is -2.12. The second kappa shape index (κ2) is 6.91. The highest BCUT2D eigenvalue weighted by Gasteiger charge is 2.10. The van der Waals surface area contributed by atoms with Crippen LogP contribution in [0.5, 0.6) is 0 Å². The van der Waals surface area contributed by atoms with Crippen LogP contribution < -0.4 is 5.73 Å². The van der Waals surface area contributed by atoms with Gasteiger partial charge in [0, 0.05) is 17.1 Å². The van der Waals surface area contributed by atoms with Crippen LogP contribution in [0.3, 0.4) is 0 Å². The van der Waals surface area contributed by atoms with E-state index in [2.05, 4.69) is 4.98 Å². The largest absolute Gasteiger partial charge is 0.395 e. The molecule has 19 heavy (non-hydrogen) atoms. The average molecular weight is 295 g/mol. The van der Waals surface area contributed by atoms with Crippen molar-refractivity contribution in [1.29, 1.82) is 0 Å². The molecule has 2 aromatic rings. The van der Waals surface area contributed by atoms with E-state index in [1.165, 1.54) is 11.8 Å². The molecule has 1 heterocycles. The molecule has 1 aromatic carbocycles. The Morgan fingerprint density at radius 3 is 2.79 bits per heavy atom. The first kappa shape index (κ1) is 14.3. The number of hydrogen-bond acceptors (Lipinski definition) is 4. The van der Waals surface area contributed by atoms with Gasteiger partial charge >= 0.3 is 0 Å². The van der Waals surface area contributed by atoms with Crippen LogP contribution in [0.2, 0.25) is 5.02 Å². The fourth-order valence-corrected chi connectivity index (χ4v) is 2.82. The van der Waals surface area contributed by atoms with Crippen LogP contribution in [0.15, 0.2) is 52.5 Å². The first-order valence-corrected chi connectivity index (χ1v) is 7.13. The number of pyridine rings is 1. The normalized spacial score (nSPS) is 12.4. The molecule has 1 atom stereocenters. The van der Waals surface area contributed by atoms with E-state index in [0.29, 0.717) is 11.4 Å². The average Bonchev–Trinajstić information content (AvgIpc) is 2.43. The van der Waals surface area contributed by atoms with Crippen LogP contribution in [0.4, 0.5) is 0 Å². The number of benzene rings is 1. The molecule has 0 aliphatic carbocycles. The summed E-state index contributed by atoms with van der Waals surface area (Å²) < 4.78 is 0. The standard InChI is InChI=1S/C14H15ClN2OS/c15-12-5-1-2-6-13(12)19-14-10(4-3-7-17-14)8-11(16)9-18/h1-7,11,18H,8-9,16H2. The van der Waals surface area contributed by atoms with Gasteiger partial charge in [0.15, 0.2) is 0 Å². The van der Waals surface area contributed by atoms with E-state index < -0.39 is 0 Å². The SMILES string of the molecule is NC(CO)Cc1cccnc1Sc1ccccc1Cl. The minimum absolute atomic E-state index is 0.0366. The number of rotatable bonds is 5. The number of aromatic nitrogens is 1. The summed E-state index contributed by atoms with van der Waals surface area (Å²) in [5.41, 5.74) is 6.81. The fourth-order valence-electron chi connectivity index (χ4n) is 1.65. The fraction of sp³-hybridized carbons (Fsp3) is 0.214. The highest BCUT2D eigenvalue weighted by Crippen LogP contribution is 2.33. The van der Waals surface area contributed by atoms with E-state index in [1.807, 2.05) is 36.4 Å². The van der Waals surface area contributed by atoms with Crippen LogP contribution >= 0.6 is 23.4 Å². The Labute approximate surface area is 121 Å². The van der Waals surface area contributed by atoms with Crippen molar-refractivity contribution in [3.63, 3.8) is 0 Å². The predicted molar refractivity (Wildman–Crippen MR) is 78.6 cm³/mol. The Hall–Kier alpha value is -1.07. The summed E-state index contributed by atoms with van der Waals surface area (Å²) in [5.74, 6) is 0. The monoisotopic (exact) mass is 294 g/mol. The maximum Gasteiger partial charge on any atom is 0.104 e. The van der Waals surface area contributed by atoms with Gasteiger partial charge in [-0.2, -0.15) is 0 Å². The molecule has 0 bridgehead atoms. The van der Waals surface area contributed by atoms with Crippen molar-refractivity contribution < 1.29 is 5.11 Å². The first-order chi connectivity index (χ1) is 9.20. The van der Waals surface area contributed by atoms with Gasteiger partial charge in [-0.25, -0.2) is 4.98 Å². The highest BCUT2D eigenvalue weighted by atomic mass is 35.5. The quantitative estimate of drug-likeness (QED) is 0.890. The molecule has 5 heteroatoms. The van der Waals surface area contributed by atoms with E-state index >= 15 is 0 Å². The van der Waals surface area contributed by atoms with E-state index in [4.69, 9.17) is 22.4 Å². The second-order valence-corrected chi connectivity index (χ2v) is 5.58. The third-order valence-corrected chi connectivity index (χ3v) is 4.19. The topological polar surface area (TPSA) is 59.1 Å². The van der Waals surface area contributed by atoms with E-state index in [9.17, 15) is 0 Å². The molecule has 0 aliphatic heterocycles. The number of hydrogen-bond donors (Lipinski definition) is 2. The van der Waals surface area contributed by atoms with Crippen molar-refractivity contribution in [2.75, 3.05) is 6.61 Å². The number of nitrogens with two attached hydrogens (primary N) is 1. The molecule has 3 nitrogen and oxygen atoms in total. The van der Waals surface area contributed by atoms with Crippen molar-refractivity contribution in [2.24, 2.45) is 5.73 Å². The van der Waals surface area contributed by atoms with Crippen molar-refractivity contribution in [1.82, 2.24) is 4.98 Å². The molecule has 1 aromatic heterocycles. The summed E-state index contributed by atoms with van der Waals surface area (Å²) in [4.78, 5) is 5.33. The lowest BCUT2D eigenvalue weighted by atomic mass is 10.1. The zero-order valence-corrected chi connectivity index (χ0v) is 11.9. The molecule has 1 unspecified atom stereocenters. The molecular weight excluding hydrogens is 280 g/mol. The smallest absolute Gasteiger partial charge is 0.104 e.